The van der Waals surface area contributed by atoms with Crippen LogP contribution in [0, 0.1) is 5.41 Å². The summed E-state index contributed by atoms with van der Waals surface area (Å²) in [6.07, 6.45) is 10.1. The summed E-state index contributed by atoms with van der Waals surface area (Å²) in [5, 5.41) is 5.07. The summed E-state index contributed by atoms with van der Waals surface area (Å²) in [5.74, 6) is 1.65. The SMILES string of the molecule is CC[C@@]1(C)CN(C2CCCCC2)c2nc(NN(C(=O)c3cccc(OC)c3)[C@H]3CCCNC3)ncc2N(C)C1=O. The lowest BCUT2D eigenvalue weighted by Crippen LogP contribution is -2.51. The molecule has 0 spiro atoms. The van der Waals surface area contributed by atoms with Crippen LogP contribution in [-0.4, -0.2) is 72.7 Å². The second kappa shape index (κ2) is 12.0. The number of anilines is 3. The topological polar surface area (TPSA) is 103 Å². The Hall–Kier alpha value is -3.40. The first-order chi connectivity index (χ1) is 19.3. The van der Waals surface area contributed by atoms with E-state index in [-0.39, 0.29) is 17.9 Å². The van der Waals surface area contributed by atoms with Crippen molar-refractivity contribution in [1.82, 2.24) is 20.3 Å². The number of fused-ring (bicyclic) bond motifs is 1. The Morgan fingerprint density at radius 3 is 2.73 bits per heavy atom. The molecule has 2 atom stereocenters. The van der Waals surface area contributed by atoms with Crippen LogP contribution in [0.4, 0.5) is 17.5 Å². The minimum Gasteiger partial charge on any atom is -0.497 e. The number of carbonyl (C=O) groups is 2. The average Bonchev–Trinajstić information content (AvgIpc) is 3.09. The molecule has 1 saturated heterocycles. The van der Waals surface area contributed by atoms with Crippen molar-refractivity contribution in [3.8, 4) is 5.75 Å². The molecule has 10 nitrogen and oxygen atoms in total. The fourth-order valence-corrected chi connectivity index (χ4v) is 6.22. The molecule has 0 bridgehead atoms. The van der Waals surface area contributed by atoms with Gasteiger partial charge in [0.15, 0.2) is 5.82 Å². The highest BCUT2D eigenvalue weighted by Crippen LogP contribution is 2.41. The molecule has 216 valence electrons. The molecule has 1 saturated carbocycles. The van der Waals surface area contributed by atoms with Crippen molar-refractivity contribution in [2.75, 3.05) is 49.0 Å². The second-order valence-corrected chi connectivity index (χ2v) is 11.6. The van der Waals surface area contributed by atoms with E-state index in [1.54, 1.807) is 35.3 Å². The molecule has 0 unspecified atom stereocenters. The van der Waals surface area contributed by atoms with E-state index in [0.717, 1.165) is 44.5 Å². The minimum absolute atomic E-state index is 0.0723. The Kier molecular flexibility index (Phi) is 8.44. The Labute approximate surface area is 237 Å². The molecule has 2 amide bonds. The molecule has 2 N–H and O–H groups in total. The zero-order valence-corrected chi connectivity index (χ0v) is 24.3. The van der Waals surface area contributed by atoms with Crippen molar-refractivity contribution < 1.29 is 14.3 Å². The molecular weight excluding hydrogens is 506 g/mol. The van der Waals surface area contributed by atoms with Gasteiger partial charge in [-0.25, -0.2) is 9.99 Å². The molecule has 2 fully saturated rings. The maximum Gasteiger partial charge on any atom is 0.272 e. The van der Waals surface area contributed by atoms with Gasteiger partial charge in [-0.3, -0.25) is 15.0 Å². The van der Waals surface area contributed by atoms with Crippen LogP contribution in [0.3, 0.4) is 0 Å². The quantitative estimate of drug-likeness (QED) is 0.495. The largest absolute Gasteiger partial charge is 0.497 e. The molecule has 10 heteroatoms. The number of aromatic nitrogens is 2. The Morgan fingerprint density at radius 1 is 1.23 bits per heavy atom. The molecular formula is C30H43N7O3. The number of hydrazine groups is 1. The lowest BCUT2D eigenvalue weighted by molar-refractivity contribution is -0.126. The summed E-state index contributed by atoms with van der Waals surface area (Å²) in [4.78, 5) is 41.2. The van der Waals surface area contributed by atoms with Crippen LogP contribution in [0.15, 0.2) is 30.5 Å². The minimum atomic E-state index is -0.525. The van der Waals surface area contributed by atoms with Gasteiger partial charge in [0.25, 0.3) is 5.91 Å². The zero-order valence-electron chi connectivity index (χ0n) is 24.3. The van der Waals surface area contributed by atoms with E-state index in [1.165, 1.54) is 19.3 Å². The van der Waals surface area contributed by atoms with Gasteiger partial charge in [-0.2, -0.15) is 4.98 Å². The summed E-state index contributed by atoms with van der Waals surface area (Å²) < 4.78 is 5.37. The zero-order chi connectivity index (χ0) is 28.3. The lowest BCUT2D eigenvalue weighted by Gasteiger charge is -2.39. The van der Waals surface area contributed by atoms with Crippen LogP contribution in [0.5, 0.6) is 5.75 Å². The number of carbonyl (C=O) groups excluding carboxylic acids is 2. The molecule has 1 aromatic heterocycles. The van der Waals surface area contributed by atoms with Gasteiger partial charge in [0.2, 0.25) is 11.9 Å². The van der Waals surface area contributed by atoms with E-state index < -0.39 is 5.41 Å². The highest BCUT2D eigenvalue weighted by molar-refractivity contribution is 6.01. The third-order valence-electron chi connectivity index (χ3n) is 8.91. The van der Waals surface area contributed by atoms with E-state index in [0.29, 0.717) is 42.1 Å². The second-order valence-electron chi connectivity index (χ2n) is 11.6. The van der Waals surface area contributed by atoms with Crippen LogP contribution in [0.25, 0.3) is 0 Å². The van der Waals surface area contributed by atoms with Crippen molar-refractivity contribution in [1.29, 1.82) is 0 Å². The fraction of sp³-hybridized carbons (Fsp3) is 0.600. The summed E-state index contributed by atoms with van der Waals surface area (Å²) in [5.41, 5.74) is 4.00. The molecule has 3 heterocycles. The predicted molar refractivity (Wildman–Crippen MR) is 157 cm³/mol. The van der Waals surface area contributed by atoms with Gasteiger partial charge in [-0.15, -0.1) is 0 Å². The van der Waals surface area contributed by atoms with Crippen LogP contribution in [0.1, 0.15) is 75.6 Å². The Bertz CT molecular complexity index is 1210. The molecule has 0 radical (unpaired) electrons. The van der Waals surface area contributed by atoms with Crippen LogP contribution in [-0.2, 0) is 4.79 Å². The number of hydrogen-bond donors (Lipinski definition) is 2. The van der Waals surface area contributed by atoms with Gasteiger partial charge >= 0.3 is 0 Å². The van der Waals surface area contributed by atoms with E-state index in [4.69, 9.17) is 9.72 Å². The molecule has 3 aliphatic rings. The van der Waals surface area contributed by atoms with Crippen LogP contribution in [0.2, 0.25) is 0 Å². The standard InChI is InChI=1S/C30H43N7O3/c1-5-30(2)20-36(22-12-7-6-8-13-22)26-25(35(3)28(30)39)19-32-29(33-26)34-37(23-14-10-16-31-18-23)27(38)21-11-9-15-24(17-21)40-4/h9,11,15,17,19,22-23,31H,5-8,10,12-14,16,18,20H2,1-4H3,(H,32,33,34)/t23-,30-/m0/s1. The number of piperidine rings is 1. The van der Waals surface area contributed by atoms with E-state index in [9.17, 15) is 9.59 Å². The molecule has 1 aromatic carbocycles. The van der Waals surface area contributed by atoms with Gasteiger partial charge in [-0.1, -0.05) is 32.3 Å². The first-order valence-electron chi connectivity index (χ1n) is 14.7. The fourth-order valence-electron chi connectivity index (χ4n) is 6.22. The number of hydrogen-bond acceptors (Lipinski definition) is 8. The van der Waals surface area contributed by atoms with Crippen molar-refractivity contribution in [2.24, 2.45) is 5.41 Å². The van der Waals surface area contributed by atoms with Crippen molar-refractivity contribution in [3.63, 3.8) is 0 Å². The summed E-state index contributed by atoms with van der Waals surface area (Å²) in [6, 6.07) is 7.44. The maximum atomic E-state index is 13.9. The van der Waals surface area contributed by atoms with E-state index in [2.05, 4.69) is 34.5 Å². The van der Waals surface area contributed by atoms with Gasteiger partial charge in [0, 0.05) is 31.7 Å². The van der Waals surface area contributed by atoms with Crippen molar-refractivity contribution in [3.05, 3.63) is 36.0 Å². The molecule has 5 rings (SSSR count). The Balaban J connectivity index is 1.52. The molecule has 2 aromatic rings. The smallest absolute Gasteiger partial charge is 0.272 e. The number of nitrogens with one attached hydrogen (secondary N) is 2. The number of rotatable bonds is 7. The van der Waals surface area contributed by atoms with Crippen molar-refractivity contribution >= 4 is 29.3 Å². The summed E-state index contributed by atoms with van der Waals surface area (Å²) in [6.45, 7) is 6.36. The number of methoxy groups -OCH3 is 1. The molecule has 2 aliphatic heterocycles. The van der Waals surface area contributed by atoms with Gasteiger partial charge < -0.3 is 19.9 Å². The first-order valence-corrected chi connectivity index (χ1v) is 14.7. The maximum absolute atomic E-state index is 13.9. The monoisotopic (exact) mass is 549 g/mol. The van der Waals surface area contributed by atoms with Gasteiger partial charge in [-0.05, 0) is 63.8 Å². The number of benzene rings is 1. The molecule has 40 heavy (non-hydrogen) atoms. The number of amides is 2. The normalized spacial score (nSPS) is 23.8. The van der Waals surface area contributed by atoms with E-state index >= 15 is 0 Å². The summed E-state index contributed by atoms with van der Waals surface area (Å²) in [7, 11) is 3.42. The number of nitrogens with zero attached hydrogens (tertiary/aromatic N) is 5. The van der Waals surface area contributed by atoms with Gasteiger partial charge in [0.05, 0.1) is 24.8 Å². The van der Waals surface area contributed by atoms with E-state index in [1.807, 2.05) is 19.2 Å². The van der Waals surface area contributed by atoms with Crippen LogP contribution < -0.4 is 25.3 Å². The number of ether oxygens (including phenoxy) is 1. The lowest BCUT2D eigenvalue weighted by atomic mass is 9.84. The first kappa shape index (κ1) is 28.1. The summed E-state index contributed by atoms with van der Waals surface area (Å²) >= 11 is 0. The van der Waals surface area contributed by atoms with Crippen LogP contribution >= 0.6 is 0 Å². The highest BCUT2D eigenvalue weighted by atomic mass is 16.5. The third-order valence-corrected chi connectivity index (χ3v) is 8.91. The van der Waals surface area contributed by atoms with Gasteiger partial charge in [0.1, 0.15) is 11.4 Å². The third kappa shape index (κ3) is 5.59. The average molecular weight is 550 g/mol. The van der Waals surface area contributed by atoms with Crippen molar-refractivity contribution in [2.45, 2.75) is 77.3 Å². The predicted octanol–water partition coefficient (Wildman–Crippen LogP) is 4.24. The molecule has 1 aliphatic carbocycles. The Morgan fingerprint density at radius 2 is 2.02 bits per heavy atom. The highest BCUT2D eigenvalue weighted by Gasteiger charge is 2.43.